The highest BCUT2D eigenvalue weighted by Gasteiger charge is 2.33. The number of alkyl halides is 3. The summed E-state index contributed by atoms with van der Waals surface area (Å²) in [5.41, 5.74) is 0.382. The number of fused-ring (bicyclic) bond motifs is 1. The van der Waals surface area contributed by atoms with Crippen LogP contribution >= 0.6 is 27.5 Å². The second-order valence-electron chi connectivity index (χ2n) is 5.48. The molecule has 2 aromatic heterocycles. The number of carbonyl (C=O) groups excluding carboxylic acids is 1. The fourth-order valence-corrected chi connectivity index (χ4v) is 3.13. The number of halogens is 5. The van der Waals surface area contributed by atoms with Crippen molar-refractivity contribution in [3.8, 4) is 0 Å². The normalized spacial score (nSPS) is 11.8. The molecule has 1 amide bonds. The number of rotatable bonds is 3. The lowest BCUT2D eigenvalue weighted by atomic mass is 10.2. The summed E-state index contributed by atoms with van der Waals surface area (Å²) in [6, 6.07) is 6.76. The molecule has 0 unspecified atom stereocenters. The number of anilines is 1. The number of carbonyl (C=O) groups is 1. The molecule has 4 nitrogen and oxygen atoms in total. The summed E-state index contributed by atoms with van der Waals surface area (Å²) in [5, 5.41) is 2.07. The first-order valence-corrected chi connectivity index (χ1v) is 8.72. The van der Waals surface area contributed by atoms with E-state index in [-0.39, 0.29) is 11.4 Å². The van der Waals surface area contributed by atoms with Crippen LogP contribution < -0.4 is 5.32 Å². The van der Waals surface area contributed by atoms with E-state index < -0.39 is 22.7 Å². The van der Waals surface area contributed by atoms with Crippen LogP contribution in [0.1, 0.15) is 28.7 Å². The van der Waals surface area contributed by atoms with Gasteiger partial charge in [-0.1, -0.05) is 18.5 Å². The maximum absolute atomic E-state index is 13.0. The molecule has 9 heteroatoms. The molecular formula is C17H12BrClF3N3O. The van der Waals surface area contributed by atoms with Crippen molar-refractivity contribution in [3.05, 3.63) is 63.0 Å². The smallest absolute Gasteiger partial charge is 0.321 e. The van der Waals surface area contributed by atoms with Gasteiger partial charge in [0.25, 0.3) is 5.91 Å². The fraction of sp³-hybridized carbons (Fsp3) is 0.176. The Hall–Kier alpha value is -2.06. The first-order valence-electron chi connectivity index (χ1n) is 7.55. The second kappa shape index (κ2) is 6.92. The Bertz CT molecular complexity index is 1000. The van der Waals surface area contributed by atoms with E-state index in [2.05, 4.69) is 26.2 Å². The number of hydrogen-bond donors (Lipinski definition) is 1. The Morgan fingerprint density at radius 3 is 2.69 bits per heavy atom. The lowest BCUT2D eigenvalue weighted by Gasteiger charge is -2.12. The summed E-state index contributed by atoms with van der Waals surface area (Å²) in [5.74, 6) is -0.553. The first-order chi connectivity index (χ1) is 12.2. The summed E-state index contributed by atoms with van der Waals surface area (Å²) >= 11 is 8.94. The Morgan fingerprint density at radius 2 is 2.04 bits per heavy atom. The minimum Gasteiger partial charge on any atom is -0.321 e. The summed E-state index contributed by atoms with van der Waals surface area (Å²) in [6.45, 7) is 1.84. The molecular weight excluding hydrogens is 435 g/mol. The van der Waals surface area contributed by atoms with Crippen molar-refractivity contribution in [2.45, 2.75) is 19.5 Å². The number of hydrogen-bond acceptors (Lipinski definition) is 2. The van der Waals surface area contributed by atoms with E-state index in [0.717, 1.165) is 16.6 Å². The van der Waals surface area contributed by atoms with Crippen LogP contribution in [0.3, 0.4) is 0 Å². The average Bonchev–Trinajstić information content (AvgIpc) is 2.93. The summed E-state index contributed by atoms with van der Waals surface area (Å²) in [4.78, 5) is 17.1. The third kappa shape index (κ3) is 3.57. The van der Waals surface area contributed by atoms with Gasteiger partial charge in [-0.2, -0.15) is 13.2 Å². The quantitative estimate of drug-likeness (QED) is 0.571. The molecule has 1 aromatic carbocycles. The van der Waals surface area contributed by atoms with Crippen LogP contribution in [-0.2, 0) is 12.6 Å². The number of pyridine rings is 1. The fourth-order valence-electron chi connectivity index (χ4n) is 2.56. The van der Waals surface area contributed by atoms with Gasteiger partial charge in [0, 0.05) is 16.4 Å². The van der Waals surface area contributed by atoms with Gasteiger partial charge >= 0.3 is 6.18 Å². The topological polar surface area (TPSA) is 46.4 Å². The van der Waals surface area contributed by atoms with Crippen molar-refractivity contribution < 1.29 is 18.0 Å². The zero-order valence-electron chi connectivity index (χ0n) is 13.4. The predicted octanol–water partition coefficient (Wildman–Crippen LogP) is 5.58. The van der Waals surface area contributed by atoms with Gasteiger partial charge in [0.2, 0.25) is 0 Å². The van der Waals surface area contributed by atoms with Gasteiger partial charge in [-0.25, -0.2) is 4.98 Å². The minimum atomic E-state index is -4.61. The number of nitrogens with one attached hydrogen (secondary N) is 1. The largest absolute Gasteiger partial charge is 0.417 e. The summed E-state index contributed by atoms with van der Waals surface area (Å²) < 4.78 is 41.3. The van der Waals surface area contributed by atoms with Crippen molar-refractivity contribution in [2.24, 2.45) is 0 Å². The molecule has 3 rings (SSSR count). The van der Waals surface area contributed by atoms with E-state index in [9.17, 15) is 18.0 Å². The number of benzene rings is 1. The standard InChI is InChI=1S/C17H12BrClF3N3O/c1-2-13-15(25-8-9(18)3-6-14(25)24-13)16(26)23-10-4-5-12(19)11(7-10)17(20,21)22/h3-8H,2H2,1H3,(H,23,26). The number of imidazole rings is 1. The van der Waals surface area contributed by atoms with E-state index in [1.165, 1.54) is 6.07 Å². The van der Waals surface area contributed by atoms with Crippen LogP contribution in [0.4, 0.5) is 18.9 Å². The minimum absolute atomic E-state index is 0.00118. The third-order valence-corrected chi connectivity index (χ3v) is 4.53. The molecule has 0 aliphatic heterocycles. The van der Waals surface area contributed by atoms with E-state index >= 15 is 0 Å². The van der Waals surface area contributed by atoms with Gasteiger partial charge in [0.05, 0.1) is 16.3 Å². The zero-order chi connectivity index (χ0) is 19.1. The maximum atomic E-state index is 13.0. The monoisotopic (exact) mass is 445 g/mol. The van der Waals surface area contributed by atoms with Crippen LogP contribution in [0.15, 0.2) is 41.0 Å². The van der Waals surface area contributed by atoms with Crippen LogP contribution in [0.25, 0.3) is 5.65 Å². The SMILES string of the molecule is CCc1nc2ccc(Br)cn2c1C(=O)Nc1ccc(Cl)c(C(F)(F)F)c1. The van der Waals surface area contributed by atoms with Gasteiger partial charge in [-0.3, -0.25) is 9.20 Å². The van der Waals surface area contributed by atoms with Crippen molar-refractivity contribution in [1.29, 1.82) is 0 Å². The molecule has 0 radical (unpaired) electrons. The molecule has 1 N–H and O–H groups in total. The number of aryl methyl sites for hydroxylation is 1. The van der Waals surface area contributed by atoms with Crippen molar-refractivity contribution in [1.82, 2.24) is 9.38 Å². The Labute approximate surface area is 160 Å². The molecule has 136 valence electrons. The molecule has 0 saturated carbocycles. The van der Waals surface area contributed by atoms with Crippen LogP contribution in [0, 0.1) is 0 Å². The van der Waals surface area contributed by atoms with Gasteiger partial charge in [-0.05, 0) is 52.7 Å². The number of amides is 1. The van der Waals surface area contributed by atoms with Gasteiger partial charge in [0.1, 0.15) is 11.3 Å². The first kappa shape index (κ1) is 18.7. The molecule has 0 aliphatic carbocycles. The van der Waals surface area contributed by atoms with Gasteiger partial charge in [-0.15, -0.1) is 0 Å². The van der Waals surface area contributed by atoms with Crippen molar-refractivity contribution >= 4 is 44.8 Å². The van der Waals surface area contributed by atoms with E-state index in [1.807, 2.05) is 6.92 Å². The molecule has 2 heterocycles. The van der Waals surface area contributed by atoms with E-state index in [0.29, 0.717) is 17.8 Å². The lowest BCUT2D eigenvalue weighted by molar-refractivity contribution is -0.137. The molecule has 3 aromatic rings. The molecule has 0 fully saturated rings. The highest BCUT2D eigenvalue weighted by Crippen LogP contribution is 2.36. The van der Waals surface area contributed by atoms with Gasteiger partial charge < -0.3 is 5.32 Å². The Morgan fingerprint density at radius 1 is 1.31 bits per heavy atom. The summed E-state index contributed by atoms with van der Waals surface area (Å²) in [6.07, 6.45) is -2.43. The third-order valence-electron chi connectivity index (χ3n) is 3.73. The second-order valence-corrected chi connectivity index (χ2v) is 6.81. The lowest BCUT2D eigenvalue weighted by Crippen LogP contribution is -2.17. The maximum Gasteiger partial charge on any atom is 0.417 e. The van der Waals surface area contributed by atoms with E-state index in [4.69, 9.17) is 11.6 Å². The van der Waals surface area contributed by atoms with Crippen molar-refractivity contribution in [2.75, 3.05) is 5.32 Å². The molecule has 0 spiro atoms. The summed E-state index contributed by atoms with van der Waals surface area (Å²) in [7, 11) is 0. The zero-order valence-corrected chi connectivity index (χ0v) is 15.7. The molecule has 26 heavy (non-hydrogen) atoms. The number of aromatic nitrogens is 2. The Balaban J connectivity index is 2.01. The van der Waals surface area contributed by atoms with Crippen molar-refractivity contribution in [3.63, 3.8) is 0 Å². The Kier molecular flexibility index (Phi) is 4.98. The van der Waals surface area contributed by atoms with E-state index in [1.54, 1.807) is 22.7 Å². The molecule has 0 bridgehead atoms. The highest BCUT2D eigenvalue weighted by molar-refractivity contribution is 9.10. The van der Waals surface area contributed by atoms with Gasteiger partial charge in [0.15, 0.2) is 0 Å². The highest BCUT2D eigenvalue weighted by atomic mass is 79.9. The predicted molar refractivity (Wildman–Crippen MR) is 96.7 cm³/mol. The van der Waals surface area contributed by atoms with Crippen LogP contribution in [0.5, 0.6) is 0 Å². The molecule has 0 atom stereocenters. The van der Waals surface area contributed by atoms with Crippen LogP contribution in [-0.4, -0.2) is 15.3 Å². The average molecular weight is 447 g/mol. The molecule has 0 aliphatic rings. The van der Waals surface area contributed by atoms with Crippen LogP contribution in [0.2, 0.25) is 5.02 Å². The molecule has 0 saturated heterocycles. The number of nitrogens with zero attached hydrogens (tertiary/aromatic N) is 2.